The van der Waals surface area contributed by atoms with Gasteiger partial charge in [-0.05, 0) is 26.0 Å². The molecule has 1 fully saturated rings. The van der Waals surface area contributed by atoms with E-state index < -0.39 is 0 Å². The zero-order chi connectivity index (χ0) is 20.4. The number of aromatic nitrogens is 3. The van der Waals surface area contributed by atoms with Crippen LogP contribution in [0.3, 0.4) is 0 Å². The fraction of sp³-hybridized carbons (Fsp3) is 0.300. The van der Waals surface area contributed by atoms with Crippen molar-refractivity contribution >= 4 is 23.2 Å². The Morgan fingerprint density at radius 3 is 2.52 bits per heavy atom. The zero-order valence-electron chi connectivity index (χ0n) is 16.2. The molecule has 1 N–H and O–H groups in total. The van der Waals surface area contributed by atoms with Crippen LogP contribution in [0.25, 0.3) is 0 Å². The molecule has 1 aliphatic heterocycles. The van der Waals surface area contributed by atoms with Gasteiger partial charge in [-0.15, -0.1) is 0 Å². The number of hydrogen-bond donors (Lipinski definition) is 1. The summed E-state index contributed by atoms with van der Waals surface area (Å²) in [6, 6.07) is 10.0. The highest BCUT2D eigenvalue weighted by Crippen LogP contribution is 2.21. The van der Waals surface area contributed by atoms with Gasteiger partial charge in [0.05, 0.1) is 5.69 Å². The van der Waals surface area contributed by atoms with E-state index >= 15 is 0 Å². The SMILES string of the molecule is Cc1nc(Nc2cc(C)on2)cc(C(=O)N2CCN(c3ccccc3F)CC2)n1. The summed E-state index contributed by atoms with van der Waals surface area (Å²) in [5.41, 5.74) is 0.867. The van der Waals surface area contributed by atoms with E-state index in [2.05, 4.69) is 20.4 Å². The third kappa shape index (κ3) is 4.18. The van der Waals surface area contributed by atoms with Crippen LogP contribution < -0.4 is 10.2 Å². The van der Waals surface area contributed by atoms with E-state index in [1.807, 2.05) is 11.0 Å². The molecule has 0 bridgehead atoms. The Kier molecular flexibility index (Phi) is 5.11. The van der Waals surface area contributed by atoms with Gasteiger partial charge in [-0.3, -0.25) is 4.79 Å². The van der Waals surface area contributed by atoms with Gasteiger partial charge >= 0.3 is 0 Å². The maximum atomic E-state index is 14.0. The van der Waals surface area contributed by atoms with Crippen molar-refractivity contribution in [2.24, 2.45) is 0 Å². The van der Waals surface area contributed by atoms with Gasteiger partial charge in [0.25, 0.3) is 5.91 Å². The molecule has 0 saturated carbocycles. The predicted molar refractivity (Wildman–Crippen MR) is 106 cm³/mol. The Labute approximate surface area is 167 Å². The van der Waals surface area contributed by atoms with E-state index in [0.717, 1.165) is 0 Å². The second-order valence-corrected chi connectivity index (χ2v) is 6.86. The molecule has 0 radical (unpaired) electrons. The number of benzene rings is 1. The lowest BCUT2D eigenvalue weighted by Crippen LogP contribution is -2.49. The van der Waals surface area contributed by atoms with Gasteiger partial charge in [0.1, 0.15) is 28.9 Å². The van der Waals surface area contributed by atoms with Crippen molar-refractivity contribution < 1.29 is 13.7 Å². The van der Waals surface area contributed by atoms with Crippen molar-refractivity contribution in [3.63, 3.8) is 0 Å². The topological polar surface area (TPSA) is 87.4 Å². The molecule has 1 amide bonds. The molecule has 29 heavy (non-hydrogen) atoms. The van der Waals surface area contributed by atoms with E-state index in [4.69, 9.17) is 4.52 Å². The van der Waals surface area contributed by atoms with Crippen molar-refractivity contribution in [1.29, 1.82) is 0 Å². The first-order valence-electron chi connectivity index (χ1n) is 9.34. The summed E-state index contributed by atoms with van der Waals surface area (Å²) in [6.45, 7) is 5.61. The molecule has 0 aliphatic carbocycles. The number of anilines is 3. The maximum absolute atomic E-state index is 14.0. The van der Waals surface area contributed by atoms with Crippen LogP contribution in [0.4, 0.5) is 21.7 Å². The van der Waals surface area contributed by atoms with Gasteiger partial charge in [-0.2, -0.15) is 0 Å². The number of carbonyl (C=O) groups excluding carboxylic acids is 1. The van der Waals surface area contributed by atoms with E-state index in [1.54, 1.807) is 43.0 Å². The molecule has 150 valence electrons. The summed E-state index contributed by atoms with van der Waals surface area (Å²) in [7, 11) is 0. The fourth-order valence-corrected chi connectivity index (χ4v) is 3.32. The van der Waals surface area contributed by atoms with Gasteiger partial charge in [0, 0.05) is 38.3 Å². The molecule has 4 rings (SSSR count). The van der Waals surface area contributed by atoms with Crippen LogP contribution in [0, 0.1) is 19.7 Å². The van der Waals surface area contributed by atoms with Crippen molar-refractivity contribution in [1.82, 2.24) is 20.0 Å². The number of para-hydroxylation sites is 1. The lowest BCUT2D eigenvalue weighted by Gasteiger charge is -2.36. The number of hydrogen-bond acceptors (Lipinski definition) is 7. The minimum Gasteiger partial charge on any atom is -0.366 e. The Balaban J connectivity index is 1.45. The minimum atomic E-state index is -0.252. The molecule has 3 aromatic rings. The molecule has 1 saturated heterocycles. The average molecular weight is 396 g/mol. The number of aryl methyl sites for hydroxylation is 2. The number of piperazine rings is 1. The number of amides is 1. The van der Waals surface area contributed by atoms with Crippen LogP contribution in [-0.2, 0) is 0 Å². The van der Waals surface area contributed by atoms with Gasteiger partial charge in [-0.25, -0.2) is 14.4 Å². The summed E-state index contributed by atoms with van der Waals surface area (Å²) in [5, 5.41) is 6.89. The van der Waals surface area contributed by atoms with E-state index in [0.29, 0.717) is 60.8 Å². The third-order valence-electron chi connectivity index (χ3n) is 4.70. The lowest BCUT2D eigenvalue weighted by molar-refractivity contribution is 0.0740. The summed E-state index contributed by atoms with van der Waals surface area (Å²) >= 11 is 0. The number of halogens is 1. The third-order valence-corrected chi connectivity index (χ3v) is 4.70. The maximum Gasteiger partial charge on any atom is 0.272 e. The van der Waals surface area contributed by atoms with Crippen molar-refractivity contribution in [3.05, 3.63) is 59.5 Å². The van der Waals surface area contributed by atoms with E-state index in [1.165, 1.54) is 6.07 Å². The van der Waals surface area contributed by atoms with Gasteiger partial charge in [0.2, 0.25) is 0 Å². The lowest BCUT2D eigenvalue weighted by atomic mass is 10.2. The number of carbonyl (C=O) groups is 1. The predicted octanol–water partition coefficient (Wildman–Crippen LogP) is 2.93. The normalized spacial score (nSPS) is 14.2. The van der Waals surface area contributed by atoms with Crippen LogP contribution >= 0.6 is 0 Å². The fourth-order valence-electron chi connectivity index (χ4n) is 3.32. The van der Waals surface area contributed by atoms with Gasteiger partial charge < -0.3 is 19.6 Å². The minimum absolute atomic E-state index is 0.178. The highest BCUT2D eigenvalue weighted by atomic mass is 19.1. The second-order valence-electron chi connectivity index (χ2n) is 6.86. The average Bonchev–Trinajstić information content (AvgIpc) is 3.12. The highest BCUT2D eigenvalue weighted by Gasteiger charge is 2.25. The largest absolute Gasteiger partial charge is 0.366 e. The highest BCUT2D eigenvalue weighted by molar-refractivity contribution is 5.93. The summed E-state index contributed by atoms with van der Waals surface area (Å²) < 4.78 is 19.0. The first-order chi connectivity index (χ1) is 14.0. The van der Waals surface area contributed by atoms with Crippen LogP contribution in [0.5, 0.6) is 0 Å². The summed E-state index contributed by atoms with van der Waals surface area (Å²) in [5.74, 6) is 1.70. The Hall–Kier alpha value is -3.49. The monoisotopic (exact) mass is 396 g/mol. The first kappa shape index (κ1) is 18.9. The molecular weight excluding hydrogens is 375 g/mol. The summed E-state index contributed by atoms with van der Waals surface area (Å²) in [6.07, 6.45) is 0. The summed E-state index contributed by atoms with van der Waals surface area (Å²) in [4.78, 5) is 25.2. The van der Waals surface area contributed by atoms with Crippen molar-refractivity contribution in [2.45, 2.75) is 13.8 Å². The molecule has 9 heteroatoms. The van der Waals surface area contributed by atoms with Crippen LogP contribution in [-0.4, -0.2) is 52.1 Å². The van der Waals surface area contributed by atoms with Crippen LogP contribution in [0.15, 0.2) is 40.9 Å². The quantitative estimate of drug-likeness (QED) is 0.725. The van der Waals surface area contributed by atoms with Crippen LogP contribution in [0.2, 0.25) is 0 Å². The molecule has 3 heterocycles. The molecule has 1 aromatic carbocycles. The number of nitrogens with zero attached hydrogens (tertiary/aromatic N) is 5. The second kappa shape index (κ2) is 7.86. The zero-order valence-corrected chi connectivity index (χ0v) is 16.2. The van der Waals surface area contributed by atoms with Crippen molar-refractivity contribution in [3.8, 4) is 0 Å². The first-order valence-corrected chi connectivity index (χ1v) is 9.34. The molecular formula is C20H21FN6O2. The van der Waals surface area contributed by atoms with Gasteiger partial charge in [0.15, 0.2) is 5.82 Å². The van der Waals surface area contributed by atoms with Crippen LogP contribution in [0.1, 0.15) is 22.1 Å². The molecule has 0 unspecified atom stereocenters. The molecule has 0 atom stereocenters. The smallest absolute Gasteiger partial charge is 0.272 e. The van der Waals surface area contributed by atoms with E-state index in [9.17, 15) is 9.18 Å². The number of nitrogens with one attached hydrogen (secondary N) is 1. The van der Waals surface area contributed by atoms with Crippen molar-refractivity contribution in [2.75, 3.05) is 36.4 Å². The van der Waals surface area contributed by atoms with E-state index in [-0.39, 0.29) is 11.7 Å². The Bertz CT molecular complexity index is 1030. The Morgan fingerprint density at radius 1 is 1.07 bits per heavy atom. The standard InChI is InChI=1S/C20H21FN6O2/c1-13-11-19(25-29-13)24-18-12-16(22-14(2)23-18)20(28)27-9-7-26(8-10-27)17-6-4-3-5-15(17)21/h3-6,11-12H,7-10H2,1-2H3,(H,22,23,24,25). The molecule has 1 aliphatic rings. The number of rotatable bonds is 4. The molecule has 2 aromatic heterocycles. The molecule has 0 spiro atoms. The Morgan fingerprint density at radius 2 is 1.83 bits per heavy atom. The molecule has 8 nitrogen and oxygen atoms in total. The van der Waals surface area contributed by atoms with Gasteiger partial charge in [-0.1, -0.05) is 17.3 Å².